The van der Waals surface area contributed by atoms with Crippen molar-refractivity contribution in [3.05, 3.63) is 29.8 Å². The standard InChI is InChI=1S/C18H25NO4/c1-13-7-9-19(10-8-13)17(20)11-15(12-18(21)22)14-3-5-16(23-2)6-4-14/h3-6,13,15H,7-12H2,1-2H3,(H,21,22)/t15-/m0/s1. The molecular weight excluding hydrogens is 294 g/mol. The number of likely N-dealkylation sites (tertiary alicyclic amines) is 1. The Bertz CT molecular complexity index is 532. The van der Waals surface area contributed by atoms with E-state index in [1.54, 1.807) is 19.2 Å². The van der Waals surface area contributed by atoms with Crippen molar-refractivity contribution in [2.24, 2.45) is 5.92 Å². The predicted octanol–water partition coefficient (Wildman–Crippen LogP) is 2.90. The summed E-state index contributed by atoms with van der Waals surface area (Å²) < 4.78 is 5.12. The molecule has 0 saturated carbocycles. The summed E-state index contributed by atoms with van der Waals surface area (Å²) in [4.78, 5) is 25.5. The molecule has 1 saturated heterocycles. The fourth-order valence-corrected chi connectivity index (χ4v) is 2.99. The van der Waals surface area contributed by atoms with Gasteiger partial charge in [0.25, 0.3) is 0 Å². The van der Waals surface area contributed by atoms with Gasteiger partial charge in [0.15, 0.2) is 0 Å². The molecule has 0 aliphatic carbocycles. The van der Waals surface area contributed by atoms with Crippen LogP contribution in [0.2, 0.25) is 0 Å². The van der Waals surface area contributed by atoms with Gasteiger partial charge in [-0.1, -0.05) is 19.1 Å². The Hall–Kier alpha value is -2.04. The molecule has 5 heteroatoms. The molecule has 1 aliphatic rings. The number of methoxy groups -OCH3 is 1. The first-order valence-corrected chi connectivity index (χ1v) is 8.13. The van der Waals surface area contributed by atoms with Crippen LogP contribution < -0.4 is 4.74 Å². The zero-order valence-corrected chi connectivity index (χ0v) is 13.8. The number of amides is 1. The maximum atomic E-state index is 12.5. The lowest BCUT2D eigenvalue weighted by Crippen LogP contribution is -2.38. The van der Waals surface area contributed by atoms with Crippen molar-refractivity contribution in [2.45, 2.75) is 38.5 Å². The van der Waals surface area contributed by atoms with Crippen LogP contribution >= 0.6 is 0 Å². The first-order chi connectivity index (χ1) is 11.0. The van der Waals surface area contributed by atoms with Gasteiger partial charge in [-0.25, -0.2) is 0 Å². The van der Waals surface area contributed by atoms with E-state index in [9.17, 15) is 9.59 Å². The molecule has 126 valence electrons. The van der Waals surface area contributed by atoms with Gasteiger partial charge in [0.1, 0.15) is 5.75 Å². The third-order valence-corrected chi connectivity index (χ3v) is 4.57. The van der Waals surface area contributed by atoms with Crippen molar-refractivity contribution in [2.75, 3.05) is 20.2 Å². The van der Waals surface area contributed by atoms with E-state index in [1.807, 2.05) is 17.0 Å². The van der Waals surface area contributed by atoms with Gasteiger partial charge in [0.05, 0.1) is 13.5 Å². The third kappa shape index (κ3) is 4.98. The summed E-state index contributed by atoms with van der Waals surface area (Å²) in [7, 11) is 1.59. The molecule has 0 aromatic heterocycles. The molecule has 1 heterocycles. The highest BCUT2D eigenvalue weighted by molar-refractivity contribution is 5.78. The highest BCUT2D eigenvalue weighted by Crippen LogP contribution is 2.27. The highest BCUT2D eigenvalue weighted by atomic mass is 16.5. The Balaban J connectivity index is 2.05. The van der Waals surface area contributed by atoms with Gasteiger partial charge in [-0.15, -0.1) is 0 Å². The van der Waals surface area contributed by atoms with E-state index in [-0.39, 0.29) is 24.7 Å². The maximum absolute atomic E-state index is 12.5. The van der Waals surface area contributed by atoms with Crippen molar-refractivity contribution >= 4 is 11.9 Å². The quantitative estimate of drug-likeness (QED) is 0.875. The second-order valence-electron chi connectivity index (χ2n) is 6.34. The molecule has 1 amide bonds. The van der Waals surface area contributed by atoms with E-state index >= 15 is 0 Å². The minimum atomic E-state index is -0.883. The van der Waals surface area contributed by atoms with Crippen LogP contribution in [0.1, 0.15) is 44.1 Å². The molecule has 5 nitrogen and oxygen atoms in total. The number of hydrogen-bond donors (Lipinski definition) is 1. The van der Waals surface area contributed by atoms with Crippen LogP contribution in [0.15, 0.2) is 24.3 Å². The van der Waals surface area contributed by atoms with E-state index in [2.05, 4.69) is 6.92 Å². The Labute approximate surface area is 137 Å². The molecule has 1 atom stereocenters. The fraction of sp³-hybridized carbons (Fsp3) is 0.556. The van der Waals surface area contributed by atoms with Gasteiger partial charge in [0.2, 0.25) is 5.91 Å². The van der Waals surface area contributed by atoms with Gasteiger partial charge in [-0.05, 0) is 36.5 Å². The highest BCUT2D eigenvalue weighted by Gasteiger charge is 2.25. The van der Waals surface area contributed by atoms with Crippen LogP contribution in [0.5, 0.6) is 5.75 Å². The van der Waals surface area contributed by atoms with Crippen LogP contribution in [-0.4, -0.2) is 42.1 Å². The lowest BCUT2D eigenvalue weighted by molar-refractivity contribution is -0.138. The Morgan fingerprint density at radius 3 is 2.35 bits per heavy atom. The van der Waals surface area contributed by atoms with E-state index < -0.39 is 5.97 Å². The second kappa shape index (κ2) is 7.99. The molecule has 1 aromatic carbocycles. The lowest BCUT2D eigenvalue weighted by Gasteiger charge is -2.31. The van der Waals surface area contributed by atoms with Crippen LogP contribution in [0.3, 0.4) is 0 Å². The van der Waals surface area contributed by atoms with Crippen LogP contribution in [0.25, 0.3) is 0 Å². The molecule has 1 aromatic rings. The number of aliphatic carboxylic acids is 1. The molecule has 1 fully saturated rings. The molecule has 23 heavy (non-hydrogen) atoms. The van der Waals surface area contributed by atoms with Crippen molar-refractivity contribution < 1.29 is 19.4 Å². The summed E-state index contributed by atoms with van der Waals surface area (Å²) in [6, 6.07) is 7.30. The molecular formula is C18H25NO4. The summed E-state index contributed by atoms with van der Waals surface area (Å²) in [5.41, 5.74) is 0.868. The number of carboxylic acids is 1. The predicted molar refractivity (Wildman–Crippen MR) is 87.6 cm³/mol. The second-order valence-corrected chi connectivity index (χ2v) is 6.34. The smallest absolute Gasteiger partial charge is 0.303 e. The number of ether oxygens (including phenoxy) is 1. The lowest BCUT2D eigenvalue weighted by atomic mass is 9.91. The number of nitrogens with zero attached hydrogens (tertiary/aromatic N) is 1. The summed E-state index contributed by atoms with van der Waals surface area (Å²) in [6.45, 7) is 3.76. The number of carboxylic acid groups (broad SMARTS) is 1. The normalized spacial score (nSPS) is 16.9. The van der Waals surface area contributed by atoms with Crippen LogP contribution in [-0.2, 0) is 9.59 Å². The Kier molecular flexibility index (Phi) is 6.02. The van der Waals surface area contributed by atoms with E-state index in [0.717, 1.165) is 37.2 Å². The SMILES string of the molecule is COc1ccc([C@H](CC(=O)O)CC(=O)N2CCC(C)CC2)cc1. The van der Waals surface area contributed by atoms with Gasteiger partial charge in [-0.2, -0.15) is 0 Å². The average Bonchev–Trinajstić information content (AvgIpc) is 2.54. The zero-order valence-electron chi connectivity index (χ0n) is 13.8. The number of hydrogen-bond acceptors (Lipinski definition) is 3. The average molecular weight is 319 g/mol. The molecule has 0 radical (unpaired) electrons. The minimum absolute atomic E-state index is 0.0394. The number of piperidine rings is 1. The molecule has 2 rings (SSSR count). The molecule has 1 N–H and O–H groups in total. The number of carbonyl (C=O) groups is 2. The van der Waals surface area contributed by atoms with Crippen molar-refractivity contribution in [1.29, 1.82) is 0 Å². The summed E-state index contributed by atoms with van der Waals surface area (Å²) in [5, 5.41) is 9.15. The summed E-state index contributed by atoms with van der Waals surface area (Å²) in [6.07, 6.45) is 2.26. The largest absolute Gasteiger partial charge is 0.497 e. The summed E-state index contributed by atoms with van der Waals surface area (Å²) >= 11 is 0. The van der Waals surface area contributed by atoms with Crippen molar-refractivity contribution in [1.82, 2.24) is 4.90 Å². The monoisotopic (exact) mass is 319 g/mol. The fourth-order valence-electron chi connectivity index (χ4n) is 2.99. The number of rotatable bonds is 6. The van der Waals surface area contributed by atoms with E-state index in [1.165, 1.54) is 0 Å². The van der Waals surface area contributed by atoms with Crippen molar-refractivity contribution in [3.8, 4) is 5.75 Å². The van der Waals surface area contributed by atoms with E-state index in [4.69, 9.17) is 9.84 Å². The molecule has 0 unspecified atom stereocenters. The molecule has 0 spiro atoms. The van der Waals surface area contributed by atoms with Gasteiger partial charge < -0.3 is 14.7 Å². The molecule has 1 aliphatic heterocycles. The van der Waals surface area contributed by atoms with Crippen LogP contribution in [0, 0.1) is 5.92 Å². The van der Waals surface area contributed by atoms with Crippen LogP contribution in [0.4, 0.5) is 0 Å². The minimum Gasteiger partial charge on any atom is -0.497 e. The Morgan fingerprint density at radius 2 is 1.83 bits per heavy atom. The topological polar surface area (TPSA) is 66.8 Å². The molecule has 0 bridgehead atoms. The maximum Gasteiger partial charge on any atom is 0.303 e. The number of benzene rings is 1. The first kappa shape index (κ1) is 17.3. The summed E-state index contributed by atoms with van der Waals surface area (Å²) in [5.74, 6) is 0.254. The first-order valence-electron chi connectivity index (χ1n) is 8.13. The van der Waals surface area contributed by atoms with Gasteiger partial charge >= 0.3 is 5.97 Å². The van der Waals surface area contributed by atoms with E-state index in [0.29, 0.717) is 5.92 Å². The van der Waals surface area contributed by atoms with Gasteiger partial charge in [-0.3, -0.25) is 9.59 Å². The van der Waals surface area contributed by atoms with Gasteiger partial charge in [0, 0.05) is 25.4 Å². The zero-order chi connectivity index (χ0) is 16.8. The third-order valence-electron chi connectivity index (χ3n) is 4.57. The number of carbonyl (C=O) groups excluding carboxylic acids is 1. The Morgan fingerprint density at radius 1 is 1.22 bits per heavy atom. The van der Waals surface area contributed by atoms with Crippen molar-refractivity contribution in [3.63, 3.8) is 0 Å².